The average Bonchev–Trinajstić information content (AvgIpc) is 3.66. The Morgan fingerprint density at radius 3 is 2.44 bits per heavy atom. The quantitative estimate of drug-likeness (QED) is 0.210. The predicted octanol–water partition coefficient (Wildman–Crippen LogP) is 6.20. The Bertz CT molecular complexity index is 1810. The van der Waals surface area contributed by atoms with Gasteiger partial charge in [-0.05, 0) is 66.1 Å². The molecule has 0 aliphatic carbocycles. The Morgan fingerprint density at radius 2 is 1.75 bits per heavy atom. The molecule has 2 fully saturated rings. The number of likely N-dealkylation sites (N-methyl/N-ethyl adjacent to an activating group) is 1. The van der Waals surface area contributed by atoms with E-state index in [1.165, 1.54) is 17.3 Å². The molecule has 0 N–H and O–H groups in total. The zero-order valence-corrected chi connectivity index (χ0v) is 27.1. The first-order valence-corrected chi connectivity index (χ1v) is 16.2. The minimum atomic E-state index is -4.64. The van der Waals surface area contributed by atoms with E-state index < -0.39 is 29.2 Å². The maximum atomic E-state index is 16.6. The van der Waals surface area contributed by atoms with E-state index in [9.17, 15) is 18.0 Å². The predicted molar refractivity (Wildman–Crippen MR) is 173 cm³/mol. The molecule has 3 aliphatic rings. The van der Waals surface area contributed by atoms with Gasteiger partial charge in [-0.2, -0.15) is 13.2 Å². The van der Waals surface area contributed by atoms with Crippen LogP contribution in [0.4, 0.5) is 23.2 Å². The largest absolute Gasteiger partial charge is 0.416 e. The number of hydrogen-bond donors (Lipinski definition) is 0. The van der Waals surface area contributed by atoms with Gasteiger partial charge in [0, 0.05) is 49.2 Å². The number of halogens is 4. The summed E-state index contributed by atoms with van der Waals surface area (Å²) in [6.07, 6.45) is -4.79. The molecule has 7 rings (SSSR count). The van der Waals surface area contributed by atoms with Gasteiger partial charge < -0.3 is 14.5 Å². The first-order chi connectivity index (χ1) is 23.0. The second kappa shape index (κ2) is 12.4. The molecule has 48 heavy (non-hydrogen) atoms. The Balaban J connectivity index is 1.20. The topological polar surface area (TPSA) is 66.7 Å². The normalized spacial score (nSPS) is 20.6. The highest BCUT2D eigenvalue weighted by Gasteiger charge is 2.51. The van der Waals surface area contributed by atoms with Crippen molar-refractivity contribution in [1.29, 1.82) is 0 Å². The van der Waals surface area contributed by atoms with Crippen molar-refractivity contribution < 1.29 is 27.1 Å². The Morgan fingerprint density at radius 1 is 1.00 bits per heavy atom. The van der Waals surface area contributed by atoms with Gasteiger partial charge in [-0.25, -0.2) is 4.39 Å². The Kier molecular flexibility index (Phi) is 8.37. The van der Waals surface area contributed by atoms with Crippen LogP contribution < -0.4 is 4.90 Å². The molecule has 0 spiro atoms. The fourth-order valence-electron chi connectivity index (χ4n) is 7.29. The summed E-state index contributed by atoms with van der Waals surface area (Å²) in [5.74, 6) is -0.0774. The maximum Gasteiger partial charge on any atom is 0.416 e. The van der Waals surface area contributed by atoms with Crippen molar-refractivity contribution in [3.8, 4) is 5.69 Å². The molecule has 8 nitrogen and oxygen atoms in total. The maximum absolute atomic E-state index is 16.6. The molecule has 0 saturated carbocycles. The summed E-state index contributed by atoms with van der Waals surface area (Å²) >= 11 is 0. The van der Waals surface area contributed by atoms with Crippen LogP contribution in [0.3, 0.4) is 0 Å². The summed E-state index contributed by atoms with van der Waals surface area (Å²) in [7, 11) is 2.05. The highest BCUT2D eigenvalue weighted by molar-refractivity contribution is 6.10. The third-order valence-electron chi connectivity index (χ3n) is 10.1. The van der Waals surface area contributed by atoms with Gasteiger partial charge in [0.1, 0.15) is 6.33 Å². The summed E-state index contributed by atoms with van der Waals surface area (Å²) in [5, 5.41) is 8.08. The molecular formula is C36H38F4N6O2. The van der Waals surface area contributed by atoms with E-state index in [-0.39, 0.29) is 42.8 Å². The van der Waals surface area contributed by atoms with E-state index in [4.69, 9.17) is 4.74 Å². The fourth-order valence-corrected chi connectivity index (χ4v) is 7.29. The van der Waals surface area contributed by atoms with Gasteiger partial charge >= 0.3 is 6.18 Å². The number of ether oxygens (including phenoxy) is 1. The fraction of sp³-hybridized carbons (Fsp3) is 0.417. The van der Waals surface area contributed by atoms with E-state index in [2.05, 4.69) is 40.9 Å². The zero-order valence-electron chi connectivity index (χ0n) is 27.1. The van der Waals surface area contributed by atoms with Crippen LogP contribution in [0, 0.1) is 5.92 Å². The molecule has 252 valence electrons. The van der Waals surface area contributed by atoms with E-state index in [0.29, 0.717) is 35.0 Å². The van der Waals surface area contributed by atoms with Crippen molar-refractivity contribution in [3.63, 3.8) is 0 Å². The molecule has 0 radical (unpaired) electrons. The third-order valence-corrected chi connectivity index (χ3v) is 10.1. The van der Waals surface area contributed by atoms with Gasteiger partial charge in [0.15, 0.2) is 12.0 Å². The minimum Gasteiger partial charge on any atom is -0.379 e. The van der Waals surface area contributed by atoms with Crippen molar-refractivity contribution in [2.24, 2.45) is 5.92 Å². The minimum absolute atomic E-state index is 0.0403. The smallest absolute Gasteiger partial charge is 0.379 e. The molecule has 3 aromatic carbocycles. The Hall–Kier alpha value is -4.13. The number of rotatable bonds is 8. The number of hydrogen-bond acceptors (Lipinski definition) is 6. The van der Waals surface area contributed by atoms with Gasteiger partial charge in [-0.3, -0.25) is 14.3 Å². The summed E-state index contributed by atoms with van der Waals surface area (Å²) in [6, 6.07) is 19.0. The standard InChI is InChI=1S/C36H38F4N6O2/c1-23(2)31-19-43(3)12-13-44(31)17-24-14-28-29(30(15-24)36(38,39)40)18-45(34(28)47)27-11-7-8-25(16-27)35(20-48-21-35)32(37)33-42-41-22-46(33)26-9-5-4-6-10-26/h4-11,14-16,22-23,31-32H,12-13,17-21H2,1-3H3/t31-,32+/m1/s1. The summed E-state index contributed by atoms with van der Waals surface area (Å²) in [6.45, 7) is 6.84. The lowest BCUT2D eigenvalue weighted by Gasteiger charge is -2.44. The molecule has 1 amide bonds. The molecule has 4 heterocycles. The number of carbonyl (C=O) groups is 1. The van der Waals surface area contributed by atoms with Gasteiger partial charge in [-0.15, -0.1) is 10.2 Å². The highest BCUT2D eigenvalue weighted by atomic mass is 19.4. The SMILES string of the molecule is CC(C)[C@H]1CN(C)CCN1Cc1cc2c(c(C(F)(F)F)c1)CN(c1cccc(C3([C@@H](F)c4nncn4-c4ccccc4)COC3)c1)C2=O. The van der Waals surface area contributed by atoms with Gasteiger partial charge in [-0.1, -0.05) is 44.2 Å². The van der Waals surface area contributed by atoms with Crippen LogP contribution in [-0.4, -0.2) is 76.4 Å². The lowest BCUT2D eigenvalue weighted by Crippen LogP contribution is -2.53. The number of nitrogens with zero attached hydrogens (tertiary/aromatic N) is 6. The summed E-state index contributed by atoms with van der Waals surface area (Å²) < 4.78 is 67.4. The number of aromatic nitrogens is 3. The number of anilines is 1. The van der Waals surface area contributed by atoms with Crippen LogP contribution in [0.2, 0.25) is 0 Å². The number of piperazine rings is 1. The molecule has 2 saturated heterocycles. The lowest BCUT2D eigenvalue weighted by atomic mass is 9.74. The molecule has 1 aromatic heterocycles. The van der Waals surface area contributed by atoms with Crippen LogP contribution in [0.25, 0.3) is 5.69 Å². The highest BCUT2D eigenvalue weighted by Crippen LogP contribution is 2.47. The van der Waals surface area contributed by atoms with Crippen LogP contribution >= 0.6 is 0 Å². The monoisotopic (exact) mass is 662 g/mol. The average molecular weight is 663 g/mol. The van der Waals surface area contributed by atoms with Gasteiger partial charge in [0.25, 0.3) is 5.91 Å². The van der Waals surface area contributed by atoms with Crippen LogP contribution in [0.15, 0.2) is 73.1 Å². The van der Waals surface area contributed by atoms with Crippen molar-refractivity contribution in [3.05, 3.63) is 107 Å². The third kappa shape index (κ3) is 5.69. The van der Waals surface area contributed by atoms with Crippen molar-refractivity contribution in [2.75, 3.05) is 44.8 Å². The van der Waals surface area contributed by atoms with Gasteiger partial charge in [0.05, 0.1) is 30.7 Å². The van der Waals surface area contributed by atoms with Crippen molar-refractivity contribution in [1.82, 2.24) is 24.6 Å². The molecular weight excluding hydrogens is 624 g/mol. The Labute approximate surface area is 276 Å². The second-order valence-electron chi connectivity index (χ2n) is 13.6. The molecule has 0 unspecified atom stereocenters. The van der Waals surface area contributed by atoms with E-state index in [1.54, 1.807) is 34.9 Å². The number of alkyl halides is 4. The molecule has 4 aromatic rings. The zero-order chi connectivity index (χ0) is 33.8. The van der Waals surface area contributed by atoms with Crippen LogP contribution in [-0.2, 0) is 29.4 Å². The number of benzene rings is 3. The summed E-state index contributed by atoms with van der Waals surface area (Å²) in [5.41, 5.74) is 0.242. The number of carbonyl (C=O) groups excluding carboxylic acids is 1. The van der Waals surface area contributed by atoms with Crippen LogP contribution in [0.1, 0.15) is 58.5 Å². The number of para-hydroxylation sites is 1. The second-order valence-corrected chi connectivity index (χ2v) is 13.6. The molecule has 0 bridgehead atoms. The number of fused-ring (bicyclic) bond motifs is 1. The molecule has 3 aliphatic heterocycles. The molecule has 12 heteroatoms. The first-order valence-electron chi connectivity index (χ1n) is 16.2. The first kappa shape index (κ1) is 32.4. The van der Waals surface area contributed by atoms with E-state index in [1.807, 2.05) is 30.3 Å². The van der Waals surface area contributed by atoms with E-state index >= 15 is 4.39 Å². The van der Waals surface area contributed by atoms with Gasteiger partial charge in [0.2, 0.25) is 0 Å². The summed E-state index contributed by atoms with van der Waals surface area (Å²) in [4.78, 5) is 19.7. The number of amides is 1. The van der Waals surface area contributed by atoms with Crippen molar-refractivity contribution in [2.45, 2.75) is 50.7 Å². The lowest BCUT2D eigenvalue weighted by molar-refractivity contribution is -0.138. The van der Waals surface area contributed by atoms with E-state index in [0.717, 1.165) is 19.6 Å². The van der Waals surface area contributed by atoms with Crippen LogP contribution in [0.5, 0.6) is 0 Å². The van der Waals surface area contributed by atoms with Crippen molar-refractivity contribution >= 4 is 11.6 Å². The molecule has 2 atom stereocenters.